The zero-order chi connectivity index (χ0) is 76.7. The molecule has 0 radical (unpaired) electrons. The third-order valence-electron chi connectivity index (χ3n) is 19.2. The number of amides is 12. The van der Waals surface area contributed by atoms with Gasteiger partial charge in [0.2, 0.25) is 70.9 Å². The van der Waals surface area contributed by atoms with Crippen LogP contribution in [0.15, 0.2) is 48.5 Å². The fourth-order valence-corrected chi connectivity index (χ4v) is 13.3. The molecule has 104 heavy (non-hydrogen) atoms. The zero-order valence-corrected chi connectivity index (χ0v) is 62.2. The van der Waals surface area contributed by atoms with E-state index in [1.807, 2.05) is 27.7 Å². The van der Waals surface area contributed by atoms with Crippen molar-refractivity contribution in [2.24, 2.45) is 46.6 Å². The van der Waals surface area contributed by atoms with E-state index in [4.69, 9.17) is 22.9 Å². The average Bonchev–Trinajstić information content (AvgIpc) is 1.57. The van der Waals surface area contributed by atoms with Gasteiger partial charge in [0.15, 0.2) is 0 Å². The van der Waals surface area contributed by atoms with E-state index in [1.165, 1.54) is 34.1 Å². The molecule has 12 atom stereocenters. The number of nitrogens with two attached hydrogens (primary N) is 4. The van der Waals surface area contributed by atoms with E-state index in [-0.39, 0.29) is 127 Å². The van der Waals surface area contributed by atoms with Crippen molar-refractivity contribution in [2.75, 3.05) is 39.3 Å². The molecule has 3 aliphatic heterocycles. The second kappa shape index (κ2) is 43.7. The molecule has 0 spiro atoms. The maximum absolute atomic E-state index is 15.2. The molecule has 0 saturated carbocycles. The molecule has 3 saturated heterocycles. The van der Waals surface area contributed by atoms with E-state index in [0.29, 0.717) is 75.3 Å². The Bertz CT molecular complexity index is 3160. The van der Waals surface area contributed by atoms with Crippen LogP contribution in [0.5, 0.6) is 11.5 Å². The first-order valence-corrected chi connectivity index (χ1v) is 37.5. The number of phenols is 2. The third-order valence-corrected chi connectivity index (χ3v) is 19.2. The lowest BCUT2D eigenvalue weighted by molar-refractivity contribution is -0.143. The number of nitrogens with zero attached hydrogens (tertiary/aromatic N) is 2. The van der Waals surface area contributed by atoms with Crippen LogP contribution in [0.25, 0.3) is 0 Å². The lowest BCUT2D eigenvalue weighted by atomic mass is 9.98. The number of carbonyl (C=O) groups excluding carboxylic acids is 12. The number of hydrogen-bond acceptors (Lipinski definition) is 18. The Morgan fingerprint density at radius 2 is 0.606 bits per heavy atom. The second-order valence-corrected chi connectivity index (χ2v) is 29.5. The summed E-state index contributed by atoms with van der Waals surface area (Å²) in [6.07, 6.45) is 4.28. The summed E-state index contributed by atoms with van der Waals surface area (Å²) < 4.78 is 0. The molecule has 0 aromatic heterocycles. The molecule has 12 amide bonds. The van der Waals surface area contributed by atoms with Crippen LogP contribution >= 0.6 is 0 Å². The van der Waals surface area contributed by atoms with Gasteiger partial charge >= 0.3 is 0 Å². The molecule has 3 aliphatic rings. The third kappa shape index (κ3) is 27.2. The van der Waals surface area contributed by atoms with Crippen LogP contribution in [-0.4, -0.2) is 203 Å². The Morgan fingerprint density at radius 1 is 0.346 bits per heavy atom. The van der Waals surface area contributed by atoms with Gasteiger partial charge in [-0.25, -0.2) is 0 Å². The first-order valence-electron chi connectivity index (χ1n) is 37.5. The molecule has 30 nitrogen and oxygen atoms in total. The van der Waals surface area contributed by atoms with Gasteiger partial charge in [-0.1, -0.05) is 79.7 Å². The lowest BCUT2D eigenvalue weighted by Gasteiger charge is -2.32. The maximum atomic E-state index is 15.2. The summed E-state index contributed by atoms with van der Waals surface area (Å²) in [6, 6.07) is -3.45. The monoisotopic (exact) mass is 1460 g/mol. The molecule has 30 heteroatoms. The van der Waals surface area contributed by atoms with Gasteiger partial charge in [-0.3, -0.25) is 57.5 Å². The predicted octanol–water partition coefficient (Wildman–Crippen LogP) is 0.647. The highest BCUT2D eigenvalue weighted by atomic mass is 16.3. The van der Waals surface area contributed by atoms with Crippen molar-refractivity contribution in [1.82, 2.24) is 63.0 Å². The number of hydrogen-bond donors (Lipinski definition) is 16. The SMILES string of the molecule is CC(C)C[C@@H]1NC(=O)[C@H](CCCCN)NC(=O)[C@H](C(C)C)NC(=O)[C@@H]2CCCN2C(=O)[C@H](Cc2ccc(O)cc2)NC(=O)[C@H](CC(C)C)NC(=O)[C@H](CCCCN)NC(=O)[C@H](C(C)C)NC(=O)[C@H](CCCCN)NC(=O)[C@@H]2CCCN2C(=O)[C@H](Cc2ccc(O)cc2)NC(=O)[C@H](CCCCN)NC1=O. The summed E-state index contributed by atoms with van der Waals surface area (Å²) in [4.78, 5) is 181. The number of unbranched alkanes of at least 4 members (excludes halogenated alkanes) is 4. The standard InChI is InChI=1S/C74H120N16O14/c1-43(2)39-55-67(97)79-51(19-9-13-33-75)65(95)85-57(41-47-25-29-49(91)30-26-47)73(103)89-37-17-23-59(89)69(99)80-54(22-12-16-36-78)66(96)87-61(45(5)6)71(101)81-52(20-10-14-34-76)64(94)84-56(40-44(3)4)68(98)86-58(42-48-27-31-50(92)32-28-48)74(104)90-38-18-24-60(90)70(100)88-62(46(7)8)72(102)82-53(63(93)83-55)21-11-15-35-77/h25-32,43-46,51-62,91-92H,9-24,33-42,75-78H2,1-8H3,(H,79,97)(H,80,99)(H,81,101)(H,82,102)(H,83,93)(H,84,94)(H,85,95)(H,86,98)(H,87,96)(H,88,100)/t51-,52-,53-,54-,55-,56-,57-,58-,59-,60-,61-,62-/m0/s1. The summed E-state index contributed by atoms with van der Waals surface area (Å²) >= 11 is 0. The zero-order valence-electron chi connectivity index (χ0n) is 62.2. The molecule has 580 valence electrons. The highest BCUT2D eigenvalue weighted by Crippen LogP contribution is 2.25. The van der Waals surface area contributed by atoms with E-state index < -0.39 is 155 Å². The molecule has 3 heterocycles. The molecule has 0 aliphatic carbocycles. The Morgan fingerprint density at radius 3 is 0.913 bits per heavy atom. The van der Waals surface area contributed by atoms with Crippen molar-refractivity contribution in [3.05, 3.63) is 59.7 Å². The van der Waals surface area contributed by atoms with Crippen molar-refractivity contribution in [3.63, 3.8) is 0 Å². The fourth-order valence-electron chi connectivity index (χ4n) is 13.3. The van der Waals surface area contributed by atoms with Gasteiger partial charge in [-0.05, 0) is 201 Å². The van der Waals surface area contributed by atoms with Crippen molar-refractivity contribution in [2.45, 2.75) is 256 Å². The Balaban J connectivity index is 1.64. The van der Waals surface area contributed by atoms with Crippen LogP contribution in [0.4, 0.5) is 0 Å². The average molecular weight is 1460 g/mol. The minimum Gasteiger partial charge on any atom is -0.508 e. The molecule has 5 rings (SSSR count). The summed E-state index contributed by atoms with van der Waals surface area (Å²) in [5.74, 6) is -10.5. The largest absolute Gasteiger partial charge is 0.508 e. The smallest absolute Gasteiger partial charge is 0.246 e. The minimum atomic E-state index is -1.38. The van der Waals surface area contributed by atoms with Gasteiger partial charge in [-0.2, -0.15) is 0 Å². The van der Waals surface area contributed by atoms with Gasteiger partial charge in [0.05, 0.1) is 0 Å². The number of nitrogens with one attached hydrogen (secondary N) is 10. The number of carbonyl (C=O) groups is 12. The fraction of sp³-hybridized carbons (Fsp3) is 0.676. The predicted molar refractivity (Wildman–Crippen MR) is 393 cm³/mol. The number of aromatic hydroxyl groups is 2. The molecule has 0 bridgehead atoms. The van der Waals surface area contributed by atoms with Crippen LogP contribution in [0.3, 0.4) is 0 Å². The van der Waals surface area contributed by atoms with Crippen molar-refractivity contribution in [3.8, 4) is 11.5 Å². The number of rotatable bonds is 26. The van der Waals surface area contributed by atoms with Crippen LogP contribution in [-0.2, 0) is 70.4 Å². The first kappa shape index (κ1) is 86.2. The number of phenolic OH excluding ortho intramolecular Hbond substituents is 2. The van der Waals surface area contributed by atoms with Crippen molar-refractivity contribution >= 4 is 70.9 Å². The summed E-state index contributed by atoms with van der Waals surface area (Å²) in [6.45, 7) is 15.2. The van der Waals surface area contributed by atoms with Gasteiger partial charge in [0.1, 0.15) is 84.0 Å². The number of benzene rings is 2. The Labute approximate surface area is 612 Å². The van der Waals surface area contributed by atoms with E-state index in [1.54, 1.807) is 52.0 Å². The lowest BCUT2D eigenvalue weighted by Crippen LogP contribution is -2.62. The highest BCUT2D eigenvalue weighted by molar-refractivity contribution is 6.00. The van der Waals surface area contributed by atoms with Gasteiger partial charge in [-0.15, -0.1) is 0 Å². The molecule has 2 aromatic rings. The van der Waals surface area contributed by atoms with Crippen LogP contribution < -0.4 is 76.1 Å². The number of fused-ring (bicyclic) bond motifs is 2. The van der Waals surface area contributed by atoms with Gasteiger partial charge in [0, 0.05) is 25.9 Å². The van der Waals surface area contributed by atoms with E-state index in [2.05, 4.69) is 53.2 Å². The van der Waals surface area contributed by atoms with E-state index in [0.717, 1.165) is 0 Å². The Hall–Kier alpha value is -8.48. The molecule has 0 unspecified atom stereocenters. The first-order chi connectivity index (χ1) is 49.5. The topological polar surface area (TPSA) is 476 Å². The molecular weight excluding hydrogens is 1340 g/mol. The second-order valence-electron chi connectivity index (χ2n) is 29.5. The van der Waals surface area contributed by atoms with Gasteiger partial charge in [0.25, 0.3) is 0 Å². The van der Waals surface area contributed by atoms with Gasteiger partial charge < -0.3 is 96.1 Å². The quantitative estimate of drug-likeness (QED) is 0.0575. The normalized spacial score (nSPS) is 25.5. The summed E-state index contributed by atoms with van der Waals surface area (Å²) in [5, 5.41) is 48.9. The minimum absolute atomic E-state index is 0.0340. The summed E-state index contributed by atoms with van der Waals surface area (Å²) in [7, 11) is 0. The van der Waals surface area contributed by atoms with Crippen molar-refractivity contribution < 1.29 is 67.7 Å². The molecule has 20 N–H and O–H groups in total. The van der Waals surface area contributed by atoms with Crippen LogP contribution in [0.1, 0.15) is 182 Å². The Kier molecular flexibility index (Phi) is 36.2. The highest BCUT2D eigenvalue weighted by Gasteiger charge is 2.44. The molecule has 3 fully saturated rings. The van der Waals surface area contributed by atoms with E-state index in [9.17, 15) is 58.2 Å². The summed E-state index contributed by atoms with van der Waals surface area (Å²) in [5.41, 5.74) is 24.7. The molecule has 2 aromatic carbocycles. The van der Waals surface area contributed by atoms with E-state index >= 15 is 9.59 Å². The van der Waals surface area contributed by atoms with Crippen LogP contribution in [0, 0.1) is 23.7 Å². The van der Waals surface area contributed by atoms with Crippen molar-refractivity contribution in [1.29, 1.82) is 0 Å². The maximum Gasteiger partial charge on any atom is 0.246 e. The van der Waals surface area contributed by atoms with Crippen LogP contribution in [0.2, 0.25) is 0 Å². The molecular formula is C74H120N16O14.